The Balaban J connectivity index is 1.69. The van der Waals surface area contributed by atoms with E-state index in [0.717, 1.165) is 38.3 Å². The molecule has 1 aliphatic heterocycles. The largest absolute Gasteiger partial charge is 0.350 e. The van der Waals surface area contributed by atoms with Gasteiger partial charge in [0, 0.05) is 46.1 Å². The van der Waals surface area contributed by atoms with Gasteiger partial charge in [-0.05, 0) is 12.5 Å². The van der Waals surface area contributed by atoms with Gasteiger partial charge in [-0.25, -0.2) is 0 Å². The van der Waals surface area contributed by atoms with Crippen LogP contribution >= 0.6 is 0 Å². The molecule has 0 aromatic heterocycles. The van der Waals surface area contributed by atoms with Gasteiger partial charge in [0.05, 0.1) is 6.04 Å². The first-order valence-electron chi connectivity index (χ1n) is 7.88. The highest BCUT2D eigenvalue weighted by Gasteiger charge is 2.19. The van der Waals surface area contributed by atoms with Crippen molar-refractivity contribution in [3.8, 4) is 0 Å². The number of hydrogen-bond acceptors (Lipinski definition) is 3. The Morgan fingerprint density at radius 3 is 2.36 bits per heavy atom. The van der Waals surface area contributed by atoms with Crippen molar-refractivity contribution in [1.82, 2.24) is 15.1 Å². The highest BCUT2D eigenvalue weighted by atomic mass is 16.2. The number of benzene rings is 1. The zero-order valence-corrected chi connectivity index (χ0v) is 13.4. The Labute approximate surface area is 132 Å². The molecule has 1 N–H and O–H groups in total. The van der Waals surface area contributed by atoms with Crippen LogP contribution in [-0.2, 0) is 9.59 Å². The van der Waals surface area contributed by atoms with Gasteiger partial charge in [-0.15, -0.1) is 0 Å². The average molecular weight is 303 g/mol. The first-order valence-corrected chi connectivity index (χ1v) is 7.88. The summed E-state index contributed by atoms with van der Waals surface area (Å²) in [5, 5.41) is 3.03. The maximum atomic E-state index is 12.0. The SMILES string of the molecule is CC(=O)N1CCN(CCC(=O)N[C@@H](C)c2ccccc2)CC1. The molecule has 1 aliphatic rings. The van der Waals surface area contributed by atoms with Gasteiger partial charge in [0.15, 0.2) is 0 Å². The number of piperazine rings is 1. The normalized spacial score (nSPS) is 17.1. The molecule has 2 rings (SSSR count). The Morgan fingerprint density at radius 1 is 1.14 bits per heavy atom. The highest BCUT2D eigenvalue weighted by Crippen LogP contribution is 2.11. The number of rotatable bonds is 5. The molecule has 0 unspecified atom stereocenters. The second-order valence-corrected chi connectivity index (χ2v) is 5.80. The molecule has 120 valence electrons. The van der Waals surface area contributed by atoms with Gasteiger partial charge in [0.2, 0.25) is 11.8 Å². The first-order chi connectivity index (χ1) is 10.6. The average Bonchev–Trinajstić information content (AvgIpc) is 2.54. The van der Waals surface area contributed by atoms with Gasteiger partial charge in [-0.2, -0.15) is 0 Å². The molecule has 1 saturated heterocycles. The van der Waals surface area contributed by atoms with E-state index in [0.29, 0.717) is 6.42 Å². The molecule has 1 fully saturated rings. The fourth-order valence-corrected chi connectivity index (χ4v) is 2.68. The van der Waals surface area contributed by atoms with Crippen molar-refractivity contribution in [2.75, 3.05) is 32.7 Å². The number of nitrogens with zero attached hydrogens (tertiary/aromatic N) is 2. The molecule has 0 saturated carbocycles. The van der Waals surface area contributed by atoms with Crippen molar-refractivity contribution in [3.63, 3.8) is 0 Å². The van der Waals surface area contributed by atoms with Crippen LogP contribution in [0.4, 0.5) is 0 Å². The Kier molecular flexibility index (Phi) is 5.95. The van der Waals surface area contributed by atoms with Crippen LogP contribution in [0.1, 0.15) is 31.9 Å². The van der Waals surface area contributed by atoms with Gasteiger partial charge in [0.25, 0.3) is 0 Å². The van der Waals surface area contributed by atoms with Crippen molar-refractivity contribution in [1.29, 1.82) is 0 Å². The van der Waals surface area contributed by atoms with Gasteiger partial charge >= 0.3 is 0 Å². The third-order valence-corrected chi connectivity index (χ3v) is 4.15. The molecule has 1 aromatic carbocycles. The minimum absolute atomic E-state index is 0.0308. The minimum Gasteiger partial charge on any atom is -0.350 e. The molecule has 0 radical (unpaired) electrons. The van der Waals surface area contributed by atoms with Crippen molar-refractivity contribution >= 4 is 11.8 Å². The zero-order chi connectivity index (χ0) is 15.9. The van der Waals surface area contributed by atoms with Crippen molar-refractivity contribution in [2.45, 2.75) is 26.3 Å². The summed E-state index contributed by atoms with van der Waals surface area (Å²) in [6.45, 7) is 7.57. The molecule has 0 spiro atoms. The molecular formula is C17H25N3O2. The minimum atomic E-state index is 0.0308. The lowest BCUT2D eigenvalue weighted by Gasteiger charge is -2.34. The van der Waals surface area contributed by atoms with E-state index in [2.05, 4.69) is 10.2 Å². The number of hydrogen-bond donors (Lipinski definition) is 1. The van der Waals surface area contributed by atoms with Crippen LogP contribution in [0.3, 0.4) is 0 Å². The maximum Gasteiger partial charge on any atom is 0.221 e. The van der Waals surface area contributed by atoms with Gasteiger partial charge in [-0.1, -0.05) is 30.3 Å². The van der Waals surface area contributed by atoms with E-state index in [1.165, 1.54) is 0 Å². The standard InChI is InChI=1S/C17H25N3O2/c1-14(16-6-4-3-5-7-16)18-17(22)8-9-19-10-12-20(13-11-19)15(2)21/h3-7,14H,8-13H2,1-2H3,(H,18,22)/t14-/m0/s1. The topological polar surface area (TPSA) is 52.7 Å². The zero-order valence-electron chi connectivity index (χ0n) is 13.4. The third-order valence-electron chi connectivity index (χ3n) is 4.15. The van der Waals surface area contributed by atoms with E-state index >= 15 is 0 Å². The monoisotopic (exact) mass is 303 g/mol. The summed E-state index contributed by atoms with van der Waals surface area (Å²) in [5.41, 5.74) is 1.12. The van der Waals surface area contributed by atoms with Gasteiger partial charge < -0.3 is 10.2 Å². The second-order valence-electron chi connectivity index (χ2n) is 5.80. The number of nitrogens with one attached hydrogen (secondary N) is 1. The van der Waals surface area contributed by atoms with E-state index in [4.69, 9.17) is 0 Å². The molecular weight excluding hydrogens is 278 g/mol. The van der Waals surface area contributed by atoms with Gasteiger partial charge in [-0.3, -0.25) is 14.5 Å². The summed E-state index contributed by atoms with van der Waals surface area (Å²) in [6.07, 6.45) is 0.497. The molecule has 1 atom stereocenters. The summed E-state index contributed by atoms with van der Waals surface area (Å²) in [4.78, 5) is 27.4. The molecule has 22 heavy (non-hydrogen) atoms. The van der Waals surface area contributed by atoms with Crippen LogP contribution in [0.2, 0.25) is 0 Å². The molecule has 5 nitrogen and oxygen atoms in total. The lowest BCUT2D eigenvalue weighted by Crippen LogP contribution is -2.48. The van der Waals surface area contributed by atoms with E-state index in [9.17, 15) is 9.59 Å². The fraction of sp³-hybridized carbons (Fsp3) is 0.529. The third kappa shape index (κ3) is 4.84. The van der Waals surface area contributed by atoms with E-state index in [1.807, 2.05) is 42.2 Å². The predicted molar refractivity (Wildman–Crippen MR) is 86.3 cm³/mol. The molecule has 0 aliphatic carbocycles. The van der Waals surface area contributed by atoms with Crippen LogP contribution in [0, 0.1) is 0 Å². The van der Waals surface area contributed by atoms with Crippen molar-refractivity contribution in [3.05, 3.63) is 35.9 Å². The maximum absolute atomic E-state index is 12.0. The quantitative estimate of drug-likeness (QED) is 0.895. The summed E-state index contributed by atoms with van der Waals surface area (Å²) in [6, 6.07) is 10.00. The fourth-order valence-electron chi connectivity index (χ4n) is 2.68. The summed E-state index contributed by atoms with van der Waals surface area (Å²) in [7, 11) is 0. The van der Waals surface area contributed by atoms with Crippen LogP contribution in [-0.4, -0.2) is 54.3 Å². The molecule has 0 bridgehead atoms. The Bertz CT molecular complexity index is 496. The molecule has 1 heterocycles. The van der Waals surface area contributed by atoms with Gasteiger partial charge in [0.1, 0.15) is 0 Å². The lowest BCUT2D eigenvalue weighted by molar-refractivity contribution is -0.131. The Hall–Kier alpha value is -1.88. The highest BCUT2D eigenvalue weighted by molar-refractivity contribution is 5.76. The summed E-state index contributed by atoms with van der Waals surface area (Å²) in [5.74, 6) is 0.208. The number of amides is 2. The predicted octanol–water partition coefficient (Wildman–Crippen LogP) is 1.42. The molecule has 1 aromatic rings. The lowest BCUT2D eigenvalue weighted by atomic mass is 10.1. The van der Waals surface area contributed by atoms with Crippen molar-refractivity contribution in [2.24, 2.45) is 0 Å². The Morgan fingerprint density at radius 2 is 1.77 bits per heavy atom. The number of carbonyl (C=O) groups is 2. The molecule has 2 amide bonds. The van der Waals surface area contributed by atoms with Crippen LogP contribution in [0.15, 0.2) is 30.3 Å². The molecule has 5 heteroatoms. The smallest absolute Gasteiger partial charge is 0.221 e. The van der Waals surface area contributed by atoms with Crippen molar-refractivity contribution < 1.29 is 9.59 Å². The van der Waals surface area contributed by atoms with E-state index in [1.54, 1.807) is 6.92 Å². The van der Waals surface area contributed by atoms with Crippen LogP contribution in [0.5, 0.6) is 0 Å². The van der Waals surface area contributed by atoms with Crippen LogP contribution in [0.25, 0.3) is 0 Å². The summed E-state index contributed by atoms with van der Waals surface area (Å²) < 4.78 is 0. The summed E-state index contributed by atoms with van der Waals surface area (Å²) >= 11 is 0. The number of carbonyl (C=O) groups excluding carboxylic acids is 2. The van der Waals surface area contributed by atoms with E-state index < -0.39 is 0 Å². The van der Waals surface area contributed by atoms with E-state index in [-0.39, 0.29) is 17.9 Å². The second kappa shape index (κ2) is 7.94. The first kappa shape index (κ1) is 16.5. The van der Waals surface area contributed by atoms with Crippen LogP contribution < -0.4 is 5.32 Å².